The molecule has 1 aromatic heterocycles. The first-order chi connectivity index (χ1) is 15.3. The van der Waals surface area contributed by atoms with Crippen molar-refractivity contribution in [1.29, 1.82) is 0 Å². The Balaban J connectivity index is 1.40. The average molecular weight is 420 g/mol. The van der Waals surface area contributed by atoms with Crippen LogP contribution in [0.1, 0.15) is 27.7 Å². The van der Waals surface area contributed by atoms with Gasteiger partial charge in [-0.25, -0.2) is 0 Å². The van der Waals surface area contributed by atoms with Gasteiger partial charge in [0.05, 0.1) is 11.2 Å². The van der Waals surface area contributed by atoms with Crippen molar-refractivity contribution >= 4 is 45.3 Å². The molecule has 3 nitrogen and oxygen atoms in total. The fourth-order valence-corrected chi connectivity index (χ4v) is 4.49. The minimum Gasteiger partial charge on any atom is -0.455 e. The molecule has 0 radical (unpaired) electrons. The summed E-state index contributed by atoms with van der Waals surface area (Å²) >= 11 is 0. The third-order valence-electron chi connectivity index (χ3n) is 7.13. The van der Waals surface area contributed by atoms with E-state index in [0.717, 1.165) is 43.9 Å². The van der Waals surface area contributed by atoms with Gasteiger partial charge in [0.2, 0.25) is 0 Å². The van der Waals surface area contributed by atoms with Gasteiger partial charge in [-0.1, -0.05) is 60.7 Å². The van der Waals surface area contributed by atoms with Gasteiger partial charge in [-0.3, -0.25) is 0 Å². The summed E-state index contributed by atoms with van der Waals surface area (Å²) in [6.45, 7) is 8.31. The zero-order chi connectivity index (χ0) is 22.1. The second kappa shape index (κ2) is 6.71. The molecule has 1 aliphatic heterocycles. The van der Waals surface area contributed by atoms with Crippen molar-refractivity contribution in [3.8, 4) is 11.1 Å². The monoisotopic (exact) mass is 420 g/mol. The first kappa shape index (κ1) is 19.6. The van der Waals surface area contributed by atoms with Crippen molar-refractivity contribution in [2.75, 3.05) is 0 Å². The summed E-state index contributed by atoms with van der Waals surface area (Å²) in [5.41, 5.74) is 4.53. The van der Waals surface area contributed by atoms with Gasteiger partial charge >= 0.3 is 7.12 Å². The molecule has 0 amide bonds. The van der Waals surface area contributed by atoms with Crippen LogP contribution >= 0.6 is 0 Å². The minimum absolute atomic E-state index is 0.341. The largest absolute Gasteiger partial charge is 0.494 e. The molecule has 32 heavy (non-hydrogen) atoms. The molecule has 158 valence electrons. The molecule has 6 rings (SSSR count). The van der Waals surface area contributed by atoms with E-state index < -0.39 is 0 Å². The maximum Gasteiger partial charge on any atom is 0.494 e. The molecule has 0 spiro atoms. The van der Waals surface area contributed by atoms with Crippen LogP contribution in [0.4, 0.5) is 0 Å². The predicted octanol–water partition coefficient (Wildman–Crippen LogP) is 6.71. The highest BCUT2D eigenvalue weighted by atomic mass is 16.7. The van der Waals surface area contributed by atoms with Crippen LogP contribution in [0.25, 0.3) is 43.8 Å². The summed E-state index contributed by atoms with van der Waals surface area (Å²) in [5, 5.41) is 4.61. The zero-order valence-electron chi connectivity index (χ0n) is 18.8. The summed E-state index contributed by atoms with van der Waals surface area (Å²) < 4.78 is 18.6. The summed E-state index contributed by atoms with van der Waals surface area (Å²) in [6.07, 6.45) is 0. The normalized spacial score (nSPS) is 17.6. The standard InChI is InChI=1S/C28H25BO3/c1-27(2)28(3,4)32-29(31-27)21-14-11-18(12-15-21)20-10-9-19-13-16-23-22-7-5-6-8-25(22)30-26(23)24(19)17-20/h5-17H,1-4H3. The third kappa shape index (κ3) is 2.91. The van der Waals surface area contributed by atoms with E-state index in [4.69, 9.17) is 13.7 Å². The zero-order valence-corrected chi connectivity index (χ0v) is 18.8. The molecule has 0 unspecified atom stereocenters. The molecule has 0 bridgehead atoms. The molecule has 0 saturated carbocycles. The van der Waals surface area contributed by atoms with E-state index in [1.165, 1.54) is 5.39 Å². The van der Waals surface area contributed by atoms with Crippen LogP contribution in [0.5, 0.6) is 0 Å². The van der Waals surface area contributed by atoms with E-state index in [-0.39, 0.29) is 18.3 Å². The molecule has 0 N–H and O–H groups in total. The quantitative estimate of drug-likeness (QED) is 0.298. The van der Waals surface area contributed by atoms with Gasteiger partial charge in [0, 0.05) is 16.2 Å². The highest BCUT2D eigenvalue weighted by Gasteiger charge is 2.51. The number of para-hydroxylation sites is 1. The molecule has 2 heterocycles. The van der Waals surface area contributed by atoms with Crippen LogP contribution in [0.3, 0.4) is 0 Å². The average Bonchev–Trinajstić information content (AvgIpc) is 3.27. The van der Waals surface area contributed by atoms with Gasteiger partial charge in [-0.05, 0) is 67.9 Å². The Kier molecular flexibility index (Phi) is 4.11. The molecule has 0 atom stereocenters. The number of benzene rings is 4. The number of hydrogen-bond acceptors (Lipinski definition) is 3. The molecule has 0 aliphatic carbocycles. The maximum atomic E-state index is 6.25. The lowest BCUT2D eigenvalue weighted by molar-refractivity contribution is 0.00578. The Bertz CT molecular complexity index is 1460. The van der Waals surface area contributed by atoms with E-state index in [1.807, 2.05) is 12.1 Å². The van der Waals surface area contributed by atoms with Crippen molar-refractivity contribution in [1.82, 2.24) is 0 Å². The molecule has 1 fully saturated rings. The highest BCUT2D eigenvalue weighted by Crippen LogP contribution is 2.37. The van der Waals surface area contributed by atoms with Crippen molar-refractivity contribution < 1.29 is 13.7 Å². The minimum atomic E-state index is -0.346. The first-order valence-corrected chi connectivity index (χ1v) is 11.1. The van der Waals surface area contributed by atoms with Crippen LogP contribution in [-0.4, -0.2) is 18.3 Å². The molecular formula is C28H25BO3. The lowest BCUT2D eigenvalue weighted by atomic mass is 9.78. The maximum absolute atomic E-state index is 6.25. The van der Waals surface area contributed by atoms with Gasteiger partial charge in [-0.2, -0.15) is 0 Å². The molecule has 1 aliphatic rings. The van der Waals surface area contributed by atoms with Crippen LogP contribution < -0.4 is 5.46 Å². The molecule has 4 heteroatoms. The van der Waals surface area contributed by atoms with E-state index in [2.05, 4.69) is 94.4 Å². The summed E-state index contributed by atoms with van der Waals surface area (Å²) in [5.74, 6) is 0. The van der Waals surface area contributed by atoms with Crippen LogP contribution in [0, 0.1) is 0 Å². The van der Waals surface area contributed by atoms with E-state index in [0.29, 0.717) is 0 Å². The second-order valence-corrected chi connectivity index (χ2v) is 9.69. The lowest BCUT2D eigenvalue weighted by Crippen LogP contribution is -2.41. The van der Waals surface area contributed by atoms with E-state index in [9.17, 15) is 0 Å². The Morgan fingerprint density at radius 3 is 2.03 bits per heavy atom. The smallest absolute Gasteiger partial charge is 0.455 e. The van der Waals surface area contributed by atoms with Gasteiger partial charge in [0.25, 0.3) is 0 Å². The SMILES string of the molecule is CC1(C)OB(c2ccc(-c3ccc4ccc5c6ccccc6oc5c4c3)cc2)OC1(C)C. The first-order valence-electron chi connectivity index (χ1n) is 11.1. The van der Waals surface area contributed by atoms with Gasteiger partial charge in [0.15, 0.2) is 0 Å². The van der Waals surface area contributed by atoms with Crippen molar-refractivity contribution in [3.05, 3.63) is 78.9 Å². The van der Waals surface area contributed by atoms with Gasteiger partial charge < -0.3 is 13.7 Å². The van der Waals surface area contributed by atoms with Gasteiger partial charge in [-0.15, -0.1) is 0 Å². The molecule has 1 saturated heterocycles. The topological polar surface area (TPSA) is 31.6 Å². The number of hydrogen-bond donors (Lipinski definition) is 0. The number of rotatable bonds is 2. The fraction of sp³-hybridized carbons (Fsp3) is 0.214. The number of fused-ring (bicyclic) bond motifs is 5. The predicted molar refractivity (Wildman–Crippen MR) is 132 cm³/mol. The fourth-order valence-electron chi connectivity index (χ4n) is 4.49. The Labute approximate surface area is 188 Å². The van der Waals surface area contributed by atoms with E-state index >= 15 is 0 Å². The Morgan fingerprint density at radius 2 is 1.28 bits per heavy atom. The summed E-state index contributed by atoms with van der Waals surface area (Å²) in [7, 11) is -0.346. The molecular weight excluding hydrogens is 395 g/mol. The Morgan fingerprint density at radius 1 is 0.625 bits per heavy atom. The van der Waals surface area contributed by atoms with Crippen molar-refractivity contribution in [3.63, 3.8) is 0 Å². The summed E-state index contributed by atoms with van der Waals surface area (Å²) in [4.78, 5) is 0. The van der Waals surface area contributed by atoms with Crippen molar-refractivity contribution in [2.24, 2.45) is 0 Å². The third-order valence-corrected chi connectivity index (χ3v) is 7.13. The second-order valence-electron chi connectivity index (χ2n) is 9.69. The molecule has 4 aromatic carbocycles. The van der Waals surface area contributed by atoms with Crippen LogP contribution in [-0.2, 0) is 9.31 Å². The number of furan rings is 1. The van der Waals surface area contributed by atoms with E-state index in [1.54, 1.807) is 0 Å². The van der Waals surface area contributed by atoms with Gasteiger partial charge in [0.1, 0.15) is 11.2 Å². The lowest BCUT2D eigenvalue weighted by Gasteiger charge is -2.32. The summed E-state index contributed by atoms with van der Waals surface area (Å²) in [6, 6.07) is 27.6. The van der Waals surface area contributed by atoms with Crippen molar-refractivity contribution in [2.45, 2.75) is 38.9 Å². The van der Waals surface area contributed by atoms with Crippen LogP contribution in [0.15, 0.2) is 83.3 Å². The Hall–Kier alpha value is -3.08. The molecule has 5 aromatic rings. The van der Waals surface area contributed by atoms with Crippen LogP contribution in [0.2, 0.25) is 0 Å². The highest BCUT2D eigenvalue weighted by molar-refractivity contribution is 6.62.